The number of nitro benzene ring substituents is 1. The number of nitrogens with zero attached hydrogens (tertiary/aromatic N) is 3. The van der Waals surface area contributed by atoms with Crippen LogP contribution in [0.1, 0.15) is 29.5 Å². The second kappa shape index (κ2) is 7.28. The van der Waals surface area contributed by atoms with E-state index in [2.05, 4.69) is 0 Å². The number of nitro groups is 1. The molecular formula is C20H17N3O3S. The van der Waals surface area contributed by atoms with Gasteiger partial charge in [-0.1, -0.05) is 24.3 Å². The van der Waals surface area contributed by atoms with E-state index in [1.165, 1.54) is 18.2 Å². The molecule has 2 heterocycles. The van der Waals surface area contributed by atoms with Crippen molar-refractivity contribution in [3.63, 3.8) is 0 Å². The Bertz CT molecular complexity index is 1010. The number of amides is 1. The largest absolute Gasteiger partial charge is 0.330 e. The van der Waals surface area contributed by atoms with Gasteiger partial charge in [-0.25, -0.2) is 4.98 Å². The number of thiazole rings is 1. The van der Waals surface area contributed by atoms with E-state index in [9.17, 15) is 14.9 Å². The van der Waals surface area contributed by atoms with E-state index in [0.29, 0.717) is 12.1 Å². The molecule has 3 aromatic rings. The zero-order chi connectivity index (χ0) is 18.8. The number of likely N-dealkylation sites (tertiary alicyclic amines) is 1. The molecule has 0 saturated carbocycles. The van der Waals surface area contributed by atoms with E-state index in [-0.39, 0.29) is 17.6 Å². The van der Waals surface area contributed by atoms with Gasteiger partial charge in [0, 0.05) is 18.7 Å². The molecule has 0 N–H and O–H groups in total. The molecule has 2 aromatic carbocycles. The van der Waals surface area contributed by atoms with Crippen molar-refractivity contribution in [2.75, 3.05) is 6.54 Å². The number of carbonyl (C=O) groups excluding carboxylic acids is 1. The monoisotopic (exact) mass is 379 g/mol. The first kappa shape index (κ1) is 17.4. The van der Waals surface area contributed by atoms with Crippen molar-refractivity contribution in [3.8, 4) is 0 Å². The van der Waals surface area contributed by atoms with Crippen LogP contribution in [-0.2, 0) is 4.79 Å². The fraction of sp³-hybridized carbons (Fsp3) is 0.200. The van der Waals surface area contributed by atoms with Crippen LogP contribution in [0.15, 0.2) is 54.6 Å². The topological polar surface area (TPSA) is 76.3 Å². The molecule has 0 unspecified atom stereocenters. The molecule has 27 heavy (non-hydrogen) atoms. The highest BCUT2D eigenvalue weighted by molar-refractivity contribution is 7.18. The summed E-state index contributed by atoms with van der Waals surface area (Å²) in [5.74, 6) is -0.144. The SMILES string of the molecule is O=C(/C=C\c1ccccc1[N+](=O)[O-])N1CCC[C@@H]1c1nc2ccccc2s1. The van der Waals surface area contributed by atoms with Crippen molar-refractivity contribution in [2.24, 2.45) is 0 Å². The number of hydrogen-bond acceptors (Lipinski definition) is 5. The molecule has 7 heteroatoms. The molecule has 1 atom stereocenters. The van der Waals surface area contributed by atoms with E-state index in [1.807, 2.05) is 29.2 Å². The summed E-state index contributed by atoms with van der Waals surface area (Å²) >= 11 is 1.62. The molecular weight excluding hydrogens is 362 g/mol. The Morgan fingerprint density at radius 2 is 2.00 bits per heavy atom. The van der Waals surface area contributed by atoms with Crippen LogP contribution in [0.5, 0.6) is 0 Å². The molecule has 1 aromatic heterocycles. The predicted molar refractivity (Wildman–Crippen MR) is 105 cm³/mol. The molecule has 1 aliphatic rings. The summed E-state index contributed by atoms with van der Waals surface area (Å²) in [5, 5.41) is 12.1. The molecule has 6 nitrogen and oxygen atoms in total. The normalized spacial score (nSPS) is 17.0. The van der Waals surface area contributed by atoms with E-state index < -0.39 is 4.92 Å². The van der Waals surface area contributed by atoms with Gasteiger partial charge in [0.25, 0.3) is 5.69 Å². The number of benzene rings is 2. The maximum Gasteiger partial charge on any atom is 0.276 e. The molecule has 0 radical (unpaired) electrons. The molecule has 0 aliphatic carbocycles. The molecule has 1 fully saturated rings. The maximum atomic E-state index is 12.7. The predicted octanol–water partition coefficient (Wildman–Crippen LogP) is 4.58. The Kier molecular flexibility index (Phi) is 4.68. The minimum absolute atomic E-state index is 0.00862. The molecule has 4 rings (SSSR count). The first-order chi connectivity index (χ1) is 13.1. The second-order valence-electron chi connectivity index (χ2n) is 6.36. The first-order valence-corrected chi connectivity index (χ1v) is 9.53. The van der Waals surface area contributed by atoms with Crippen molar-refractivity contribution >= 4 is 39.2 Å². The Labute approximate surface area is 159 Å². The summed E-state index contributed by atoms with van der Waals surface area (Å²) in [5.41, 5.74) is 1.37. The zero-order valence-corrected chi connectivity index (χ0v) is 15.3. The minimum Gasteiger partial charge on any atom is -0.330 e. The van der Waals surface area contributed by atoms with Crippen molar-refractivity contribution in [1.82, 2.24) is 9.88 Å². The lowest BCUT2D eigenvalue weighted by Crippen LogP contribution is -2.28. The van der Waals surface area contributed by atoms with Crippen molar-refractivity contribution in [1.29, 1.82) is 0 Å². The third kappa shape index (κ3) is 3.46. The van der Waals surface area contributed by atoms with Crippen LogP contribution in [0.4, 0.5) is 5.69 Å². The molecule has 1 saturated heterocycles. The number of para-hydroxylation sites is 2. The summed E-state index contributed by atoms with van der Waals surface area (Å²) in [6.45, 7) is 0.667. The van der Waals surface area contributed by atoms with Crippen LogP contribution in [0.3, 0.4) is 0 Å². The van der Waals surface area contributed by atoms with Crippen LogP contribution in [-0.4, -0.2) is 27.3 Å². The summed E-state index contributed by atoms with van der Waals surface area (Å²) in [7, 11) is 0. The minimum atomic E-state index is -0.441. The highest BCUT2D eigenvalue weighted by atomic mass is 32.1. The molecule has 1 aliphatic heterocycles. The highest BCUT2D eigenvalue weighted by Crippen LogP contribution is 2.36. The fourth-order valence-electron chi connectivity index (χ4n) is 3.37. The lowest BCUT2D eigenvalue weighted by atomic mass is 10.1. The number of carbonyl (C=O) groups is 1. The van der Waals surface area contributed by atoms with Crippen LogP contribution < -0.4 is 0 Å². The van der Waals surface area contributed by atoms with Gasteiger partial charge in [0.15, 0.2) is 0 Å². The lowest BCUT2D eigenvalue weighted by molar-refractivity contribution is -0.385. The van der Waals surface area contributed by atoms with Gasteiger partial charge in [-0.15, -0.1) is 11.3 Å². The number of fused-ring (bicyclic) bond motifs is 1. The van der Waals surface area contributed by atoms with E-state index in [0.717, 1.165) is 28.1 Å². The second-order valence-corrected chi connectivity index (χ2v) is 7.42. The summed E-state index contributed by atoms with van der Waals surface area (Å²) in [4.78, 5) is 29.9. The van der Waals surface area contributed by atoms with Gasteiger partial charge in [0.2, 0.25) is 5.91 Å². The number of aromatic nitrogens is 1. The third-order valence-corrected chi connectivity index (χ3v) is 5.81. The molecule has 0 bridgehead atoms. The highest BCUT2D eigenvalue weighted by Gasteiger charge is 2.31. The first-order valence-electron chi connectivity index (χ1n) is 8.71. The quantitative estimate of drug-likeness (QED) is 0.378. The Hall–Kier alpha value is -3.06. The van der Waals surface area contributed by atoms with Gasteiger partial charge in [0.1, 0.15) is 5.01 Å². The van der Waals surface area contributed by atoms with E-state index >= 15 is 0 Å². The van der Waals surface area contributed by atoms with Crippen molar-refractivity contribution < 1.29 is 9.72 Å². The Morgan fingerprint density at radius 1 is 1.22 bits per heavy atom. The third-order valence-electron chi connectivity index (χ3n) is 4.67. The van der Waals surface area contributed by atoms with Crippen molar-refractivity contribution in [2.45, 2.75) is 18.9 Å². The van der Waals surface area contributed by atoms with Gasteiger partial charge < -0.3 is 4.90 Å². The Balaban J connectivity index is 1.57. The Morgan fingerprint density at radius 3 is 2.81 bits per heavy atom. The van der Waals surface area contributed by atoms with Gasteiger partial charge >= 0.3 is 0 Å². The molecule has 136 valence electrons. The number of hydrogen-bond donors (Lipinski definition) is 0. The van der Waals surface area contributed by atoms with Crippen molar-refractivity contribution in [3.05, 3.63) is 75.3 Å². The zero-order valence-electron chi connectivity index (χ0n) is 14.4. The number of rotatable bonds is 4. The summed E-state index contributed by atoms with van der Waals surface area (Å²) in [6, 6.07) is 14.3. The lowest BCUT2D eigenvalue weighted by Gasteiger charge is -2.21. The average molecular weight is 379 g/mol. The average Bonchev–Trinajstić information content (AvgIpc) is 3.32. The van der Waals surface area contributed by atoms with Gasteiger partial charge in [-0.2, -0.15) is 0 Å². The standard InChI is InChI=1S/C20H17N3O3S/c24-19(12-11-14-6-1-3-8-16(14)23(25)26)22-13-5-9-17(22)20-21-15-7-2-4-10-18(15)27-20/h1-4,6-8,10-12,17H,5,9,13H2/b12-11-/t17-/m1/s1. The molecule has 1 amide bonds. The fourth-order valence-corrected chi connectivity index (χ4v) is 4.49. The van der Waals surface area contributed by atoms with E-state index in [4.69, 9.17) is 4.98 Å². The maximum absolute atomic E-state index is 12.7. The van der Waals surface area contributed by atoms with Gasteiger partial charge in [-0.05, 0) is 37.1 Å². The van der Waals surface area contributed by atoms with Crippen LogP contribution in [0.2, 0.25) is 0 Å². The summed E-state index contributed by atoms with van der Waals surface area (Å²) < 4.78 is 1.11. The smallest absolute Gasteiger partial charge is 0.276 e. The van der Waals surface area contributed by atoms with Crippen LogP contribution in [0.25, 0.3) is 16.3 Å². The van der Waals surface area contributed by atoms with E-state index in [1.54, 1.807) is 29.5 Å². The van der Waals surface area contributed by atoms with Crippen LogP contribution >= 0.6 is 11.3 Å². The molecule has 0 spiro atoms. The van der Waals surface area contributed by atoms with Gasteiger partial charge in [-0.3, -0.25) is 14.9 Å². The summed E-state index contributed by atoms with van der Waals surface area (Å²) in [6.07, 6.45) is 4.75. The van der Waals surface area contributed by atoms with Gasteiger partial charge in [0.05, 0.1) is 26.7 Å². The van der Waals surface area contributed by atoms with Crippen LogP contribution in [0, 0.1) is 10.1 Å².